The molecule has 0 unspecified atom stereocenters. The molecule has 104 heavy (non-hydrogen) atoms. The number of carbonyl (C=O) groups excluding carboxylic acids is 3. The first-order valence-electron chi connectivity index (χ1n) is 35.0. The fourth-order valence-corrected chi connectivity index (χ4v) is 15.4. The van der Waals surface area contributed by atoms with Crippen molar-refractivity contribution < 1.29 is 71.8 Å². The normalized spacial score (nSPS) is 15.0. The fourth-order valence-electron chi connectivity index (χ4n) is 12.8. The van der Waals surface area contributed by atoms with E-state index in [9.17, 15) is 44.0 Å². The van der Waals surface area contributed by atoms with Crippen LogP contribution in [-0.2, 0) is 62.3 Å². The lowest BCUT2D eigenvalue weighted by molar-refractivity contribution is 0.255. The summed E-state index contributed by atoms with van der Waals surface area (Å²) in [5.41, 5.74) is 9.78. The molecule has 0 radical (unpaired) electrons. The number of aromatic nitrogens is 7. The van der Waals surface area contributed by atoms with Crippen LogP contribution in [0.3, 0.4) is 0 Å². The first-order chi connectivity index (χ1) is 51.0. The highest BCUT2D eigenvalue weighted by Gasteiger charge is 2.32. The summed E-state index contributed by atoms with van der Waals surface area (Å²) >= 11 is 0. The van der Waals surface area contributed by atoms with Crippen LogP contribution < -0.4 is 53.8 Å². The highest BCUT2D eigenvalue weighted by Crippen LogP contribution is 2.44. The predicted octanol–water partition coefficient (Wildman–Crippen LogP) is 11.3. The largest absolute Gasteiger partial charge is 0.493 e. The highest BCUT2D eigenvalue weighted by molar-refractivity contribution is 7.90. The number of nitrogens with zero attached hydrogens (tertiary/aromatic N) is 8. The number of urea groups is 3. The van der Waals surface area contributed by atoms with Crippen molar-refractivity contribution in [3.05, 3.63) is 167 Å². The fraction of sp³-hybridized carbons (Fsp3) is 0.333. The summed E-state index contributed by atoms with van der Waals surface area (Å²) in [7, 11) is -8.38. The summed E-state index contributed by atoms with van der Waals surface area (Å²) in [6.07, 6.45) is 16.8. The van der Waals surface area contributed by atoms with Crippen LogP contribution in [0.2, 0.25) is 0 Å². The predicted molar refractivity (Wildman–Crippen MR) is 385 cm³/mol. The van der Waals surface area contributed by atoms with Gasteiger partial charge in [0.2, 0.25) is 17.6 Å². The molecule has 2 fully saturated rings. The van der Waals surface area contributed by atoms with Gasteiger partial charge in [0.25, 0.3) is 30.1 Å². The van der Waals surface area contributed by atoms with E-state index in [2.05, 4.69) is 65.7 Å². The Morgan fingerprint density at radius 1 is 0.577 bits per heavy atom. The minimum atomic E-state index is -4.22. The second-order valence-electron chi connectivity index (χ2n) is 25.8. The molecule has 0 bridgehead atoms. The van der Waals surface area contributed by atoms with Crippen molar-refractivity contribution in [2.45, 2.75) is 124 Å². The summed E-state index contributed by atoms with van der Waals surface area (Å²) in [5.74, 6) is 1.23. The zero-order chi connectivity index (χ0) is 76.1. The third kappa shape index (κ3) is 16.4. The maximum Gasteiger partial charge on any atom is 0.333 e. The summed E-state index contributed by atoms with van der Waals surface area (Å²) in [6.45, 7) is 5.52. The summed E-state index contributed by atoms with van der Waals surface area (Å²) in [5, 5.41) is 15.8. The number of nitrogens with one attached hydrogen (secondary N) is 6. The molecule has 0 spiro atoms. The number of rotatable bonds is 20. The minimum Gasteiger partial charge on any atom is -0.493 e. The molecular formula is C72H79FN14O14S3. The second-order valence-corrected chi connectivity index (χ2v) is 30.7. The molecule has 5 aliphatic rings. The number of benzene rings is 4. The summed E-state index contributed by atoms with van der Waals surface area (Å²) in [6, 6.07) is 24.1. The molecule has 0 saturated heterocycles. The van der Waals surface area contributed by atoms with Gasteiger partial charge in [0.1, 0.15) is 17.3 Å². The standard InChI is InChI=1S/C28H34N4O4S.C22H22FN5O5S.C22H23N5O5S/c1-18(2)23-12-10-22(15-21(23)17-32(3)4)37(34,35)31-28(33)30-27-24-8-6-7-19(24)9-11-25(27)20-13-14-29-26(16-20)36-5;1-32-19-11-16(17(23)12-24-19)14-5-6-18-15(8-10-33-18)21(14)25-22(29)27-34(30,31)20-7-9-28(26-20)13-3-2-4-13;1-31-19-13-14(7-10-23-19)16-5-6-18-17(9-12-32-18)21(16)24-22(28)26-33(29,30)20-8-11-27(25-20)15-3-2-4-15/h9-16,18H,6-8,17H2,1-5H3,(H2,30,31,33);5-7,9,11-13H,2-4,8,10H2,1H3,(H2,25,27,29);5-8,10-11,13,15H,2-4,9,12H2,1H3,(H2,24,26,28)/i;;1D3. The van der Waals surface area contributed by atoms with E-state index in [1.807, 2.05) is 46.6 Å². The van der Waals surface area contributed by atoms with Crippen molar-refractivity contribution in [2.75, 3.05) is 64.5 Å². The molecule has 546 valence electrons. The molecule has 2 saturated carbocycles. The van der Waals surface area contributed by atoms with Crippen molar-refractivity contribution in [2.24, 2.45) is 0 Å². The summed E-state index contributed by atoms with van der Waals surface area (Å²) in [4.78, 5) is 52.7. The lowest BCUT2D eigenvalue weighted by Crippen LogP contribution is -2.35. The lowest BCUT2D eigenvalue weighted by atomic mass is 9.93. The number of sulfonamides is 3. The van der Waals surface area contributed by atoms with Crippen LogP contribution in [0, 0.1) is 5.82 Å². The van der Waals surface area contributed by atoms with Gasteiger partial charge in [0, 0.05) is 95.8 Å². The number of ether oxygens (including phenoxy) is 5. The van der Waals surface area contributed by atoms with Crippen LogP contribution in [0.5, 0.6) is 29.1 Å². The zero-order valence-electron chi connectivity index (χ0n) is 60.7. The van der Waals surface area contributed by atoms with E-state index in [0.29, 0.717) is 89.2 Å². The molecular weight excluding hydrogens is 1400 g/mol. The van der Waals surface area contributed by atoms with Gasteiger partial charge < -0.3 is 44.5 Å². The van der Waals surface area contributed by atoms with Crippen molar-refractivity contribution >= 4 is 65.2 Å². The van der Waals surface area contributed by atoms with Crippen molar-refractivity contribution in [1.29, 1.82) is 0 Å². The molecule has 0 atom stereocenters. The SMILES string of the molecule is COc1cc(-c2ccc3c(c2NC(=O)NS(=O)(=O)c2ccc(C(C)C)c(CN(C)C)c2)CCC3)ccn1.COc1cc(-c2ccc3c(c2NC(=O)NS(=O)(=O)c2ccn(C4CCC4)n2)CCO3)c(F)cn1.[2H]C([2H])([2H])Oc1cc(-c2ccc3c(c2NC(=O)NS(=O)(=O)c2ccn(C4CCC4)n2)CCO3)ccn1. The Bertz CT molecular complexity index is 5230. The van der Waals surface area contributed by atoms with E-state index in [1.54, 1.807) is 83.6 Å². The number of aryl methyl sites for hydroxylation is 1. The number of pyridine rings is 3. The maximum absolute atomic E-state index is 14.7. The van der Waals surface area contributed by atoms with Gasteiger partial charge in [0.05, 0.1) is 78.8 Å². The Hall–Kier alpha value is -10.7. The minimum absolute atomic E-state index is 0.0567. The van der Waals surface area contributed by atoms with Crippen LogP contribution in [-0.4, -0.2) is 131 Å². The number of methoxy groups -OCH3 is 3. The third-order valence-corrected chi connectivity index (χ3v) is 22.1. The molecule has 5 aromatic heterocycles. The topological polar surface area (TPSA) is 350 Å². The molecule has 2 aliphatic heterocycles. The Labute approximate surface area is 605 Å². The number of hydrogen-bond donors (Lipinski definition) is 6. The molecule has 32 heteroatoms. The van der Waals surface area contributed by atoms with Gasteiger partial charge in [-0.15, -0.1) is 0 Å². The van der Waals surface area contributed by atoms with E-state index >= 15 is 0 Å². The molecule has 3 aliphatic carbocycles. The van der Waals surface area contributed by atoms with Gasteiger partial charge in [-0.05, 0) is 172 Å². The second kappa shape index (κ2) is 31.1. The summed E-state index contributed by atoms with van der Waals surface area (Å²) < 4.78 is 150. The maximum atomic E-state index is 14.7. The molecule has 28 nitrogen and oxygen atoms in total. The van der Waals surface area contributed by atoms with E-state index in [1.165, 1.54) is 37.6 Å². The molecule has 14 rings (SSSR count). The number of hydrogen-bond acceptors (Lipinski definition) is 20. The van der Waals surface area contributed by atoms with Crippen LogP contribution in [0.15, 0.2) is 143 Å². The first-order valence-corrected chi connectivity index (χ1v) is 38.0. The van der Waals surface area contributed by atoms with Crippen LogP contribution in [0.4, 0.5) is 35.8 Å². The zero-order valence-corrected chi connectivity index (χ0v) is 60.1. The Balaban J connectivity index is 0.000000150. The molecule has 6 amide bonds. The van der Waals surface area contributed by atoms with E-state index in [0.717, 1.165) is 97.4 Å². The first kappa shape index (κ1) is 69.0. The van der Waals surface area contributed by atoms with E-state index < -0.39 is 61.0 Å². The van der Waals surface area contributed by atoms with Crippen LogP contribution in [0.25, 0.3) is 33.4 Å². The van der Waals surface area contributed by atoms with Crippen molar-refractivity contribution in [3.8, 4) is 62.5 Å². The molecule has 6 N–H and O–H groups in total. The van der Waals surface area contributed by atoms with Gasteiger partial charge in [-0.25, -0.2) is 56.3 Å². The Morgan fingerprint density at radius 2 is 1.08 bits per heavy atom. The number of amides is 6. The quantitative estimate of drug-likeness (QED) is 0.0413. The van der Waals surface area contributed by atoms with E-state index in [-0.39, 0.29) is 56.0 Å². The number of carbonyl (C=O) groups is 3. The Morgan fingerprint density at radius 3 is 1.59 bits per heavy atom. The Kier molecular flexibility index (Phi) is 20.6. The molecule has 7 heterocycles. The van der Waals surface area contributed by atoms with Crippen LogP contribution >= 0.6 is 0 Å². The molecule has 9 aromatic rings. The number of fused-ring (bicyclic) bond motifs is 3. The average molecular weight is 1480 g/mol. The van der Waals surface area contributed by atoms with Gasteiger partial charge in [0.15, 0.2) is 10.1 Å². The van der Waals surface area contributed by atoms with Gasteiger partial charge in [-0.3, -0.25) is 9.36 Å². The highest BCUT2D eigenvalue weighted by atomic mass is 32.2. The smallest absolute Gasteiger partial charge is 0.333 e. The van der Waals surface area contributed by atoms with Gasteiger partial charge in [-0.1, -0.05) is 32.0 Å². The van der Waals surface area contributed by atoms with E-state index in [4.69, 9.17) is 27.8 Å². The number of anilines is 3. The molecule has 4 aromatic carbocycles. The third-order valence-electron chi connectivity index (χ3n) is 18.3. The van der Waals surface area contributed by atoms with Crippen LogP contribution in [0.1, 0.15) is 114 Å². The van der Waals surface area contributed by atoms with Gasteiger partial charge in [-0.2, -0.15) is 27.0 Å². The lowest BCUT2D eigenvalue weighted by Gasteiger charge is -2.25. The number of halogens is 1. The monoisotopic (exact) mass is 1480 g/mol. The van der Waals surface area contributed by atoms with Crippen molar-refractivity contribution in [3.63, 3.8) is 0 Å². The van der Waals surface area contributed by atoms with Gasteiger partial charge >= 0.3 is 18.1 Å². The average Bonchev–Trinajstić information content (AvgIpc) is 1.34. The van der Waals surface area contributed by atoms with Crippen molar-refractivity contribution in [1.82, 2.24) is 53.6 Å².